The van der Waals surface area contributed by atoms with Crippen molar-refractivity contribution < 1.29 is 17.9 Å². The van der Waals surface area contributed by atoms with Gasteiger partial charge in [0.05, 0.1) is 18.6 Å². The van der Waals surface area contributed by atoms with Crippen molar-refractivity contribution in [3.8, 4) is 5.75 Å². The highest BCUT2D eigenvalue weighted by molar-refractivity contribution is 7.89. The van der Waals surface area contributed by atoms with Crippen LogP contribution in [0.5, 0.6) is 5.75 Å². The van der Waals surface area contributed by atoms with Crippen LogP contribution in [0.2, 0.25) is 0 Å². The fourth-order valence-electron chi connectivity index (χ4n) is 2.38. The Bertz CT molecular complexity index is 846. The summed E-state index contributed by atoms with van der Waals surface area (Å²) in [6.07, 6.45) is 0. The van der Waals surface area contributed by atoms with Crippen LogP contribution in [0.25, 0.3) is 0 Å². The van der Waals surface area contributed by atoms with E-state index in [1.54, 1.807) is 38.4 Å². The van der Waals surface area contributed by atoms with Gasteiger partial charge in [-0.15, -0.1) is 0 Å². The third-order valence-corrected chi connectivity index (χ3v) is 5.91. The zero-order chi connectivity index (χ0) is 19.3. The lowest BCUT2D eigenvalue weighted by atomic mass is 10.2. The van der Waals surface area contributed by atoms with E-state index >= 15 is 0 Å². The van der Waals surface area contributed by atoms with Gasteiger partial charge in [-0.2, -0.15) is 4.31 Å². The monoisotopic (exact) mass is 376 g/mol. The average Bonchev–Trinajstić information content (AvgIpc) is 2.62. The number of hydrogen-bond acceptors (Lipinski definition) is 4. The van der Waals surface area contributed by atoms with E-state index in [1.165, 1.54) is 11.9 Å². The average molecular weight is 376 g/mol. The first-order chi connectivity index (χ1) is 12.2. The molecule has 0 fully saturated rings. The molecule has 0 saturated heterocycles. The SMILES string of the molecule is COc1ccc(CN(C)C(=O)CN(C)S(=O)(=O)c2ccc(C)cc2)cc1. The second-order valence-electron chi connectivity index (χ2n) is 6.17. The minimum Gasteiger partial charge on any atom is -0.497 e. The number of methoxy groups -OCH3 is 1. The molecule has 0 unspecified atom stereocenters. The van der Waals surface area contributed by atoms with Gasteiger partial charge in [0.2, 0.25) is 15.9 Å². The highest BCUT2D eigenvalue weighted by Gasteiger charge is 2.24. The summed E-state index contributed by atoms with van der Waals surface area (Å²) in [6.45, 7) is 2.06. The molecule has 1 amide bonds. The molecule has 26 heavy (non-hydrogen) atoms. The van der Waals surface area contributed by atoms with E-state index in [1.807, 2.05) is 31.2 Å². The number of carbonyl (C=O) groups excluding carboxylic acids is 1. The number of nitrogens with zero attached hydrogens (tertiary/aromatic N) is 2. The Balaban J connectivity index is 2.01. The van der Waals surface area contributed by atoms with E-state index in [9.17, 15) is 13.2 Å². The predicted molar refractivity (Wildman–Crippen MR) is 100 cm³/mol. The largest absolute Gasteiger partial charge is 0.497 e. The van der Waals surface area contributed by atoms with E-state index in [-0.39, 0.29) is 17.3 Å². The molecule has 2 aromatic carbocycles. The summed E-state index contributed by atoms with van der Waals surface area (Å²) in [6, 6.07) is 13.9. The molecule has 0 saturated carbocycles. The minimum absolute atomic E-state index is 0.177. The molecule has 0 aliphatic heterocycles. The molecule has 0 radical (unpaired) electrons. The number of aryl methyl sites for hydroxylation is 1. The van der Waals surface area contributed by atoms with E-state index in [0.29, 0.717) is 6.54 Å². The number of amides is 1. The smallest absolute Gasteiger partial charge is 0.243 e. The van der Waals surface area contributed by atoms with Crippen molar-refractivity contribution in [1.82, 2.24) is 9.21 Å². The number of sulfonamides is 1. The molecule has 7 heteroatoms. The first-order valence-electron chi connectivity index (χ1n) is 8.14. The molecule has 0 bridgehead atoms. The van der Waals surface area contributed by atoms with Crippen molar-refractivity contribution in [3.63, 3.8) is 0 Å². The number of hydrogen-bond donors (Lipinski definition) is 0. The third kappa shape index (κ3) is 4.83. The van der Waals surface area contributed by atoms with Gasteiger partial charge in [0, 0.05) is 20.6 Å². The molecule has 0 aliphatic carbocycles. The van der Waals surface area contributed by atoms with Gasteiger partial charge in [0.25, 0.3) is 0 Å². The van der Waals surface area contributed by atoms with Crippen LogP contribution in [0.4, 0.5) is 0 Å². The molecular weight excluding hydrogens is 352 g/mol. The maximum atomic E-state index is 12.6. The zero-order valence-electron chi connectivity index (χ0n) is 15.5. The summed E-state index contributed by atoms with van der Waals surface area (Å²) in [4.78, 5) is 14.1. The Morgan fingerprint density at radius 3 is 2.12 bits per heavy atom. The highest BCUT2D eigenvalue weighted by Crippen LogP contribution is 2.16. The van der Waals surface area contributed by atoms with Crippen LogP contribution >= 0.6 is 0 Å². The lowest BCUT2D eigenvalue weighted by Gasteiger charge is -2.22. The van der Waals surface area contributed by atoms with E-state index in [4.69, 9.17) is 4.74 Å². The molecule has 6 nitrogen and oxygen atoms in total. The first kappa shape index (κ1) is 19.9. The van der Waals surface area contributed by atoms with Gasteiger partial charge in [-0.1, -0.05) is 29.8 Å². The first-order valence-corrected chi connectivity index (χ1v) is 9.58. The van der Waals surface area contributed by atoms with Crippen molar-refractivity contribution >= 4 is 15.9 Å². The number of ether oxygens (including phenoxy) is 1. The number of likely N-dealkylation sites (N-methyl/N-ethyl adjacent to an activating group) is 2. The van der Waals surface area contributed by atoms with Crippen LogP contribution in [0.15, 0.2) is 53.4 Å². The predicted octanol–water partition coefficient (Wildman–Crippen LogP) is 2.28. The molecule has 0 atom stereocenters. The highest BCUT2D eigenvalue weighted by atomic mass is 32.2. The van der Waals surface area contributed by atoms with Crippen LogP contribution in [-0.2, 0) is 21.4 Å². The number of benzene rings is 2. The molecule has 2 aromatic rings. The maximum Gasteiger partial charge on any atom is 0.243 e. The Hall–Kier alpha value is -2.38. The van der Waals surface area contributed by atoms with E-state index in [2.05, 4.69) is 0 Å². The Kier molecular flexibility index (Phi) is 6.39. The molecule has 140 valence electrons. The molecule has 0 aliphatic rings. The lowest BCUT2D eigenvalue weighted by Crippen LogP contribution is -2.39. The van der Waals surface area contributed by atoms with Gasteiger partial charge in [-0.3, -0.25) is 4.79 Å². The van der Waals surface area contributed by atoms with Crippen molar-refractivity contribution in [2.75, 3.05) is 27.7 Å². The topological polar surface area (TPSA) is 66.9 Å². The summed E-state index contributed by atoms with van der Waals surface area (Å²) >= 11 is 0. The summed E-state index contributed by atoms with van der Waals surface area (Å²) in [7, 11) is 0.958. The summed E-state index contributed by atoms with van der Waals surface area (Å²) in [5.74, 6) is 0.464. The zero-order valence-corrected chi connectivity index (χ0v) is 16.3. The Morgan fingerprint density at radius 1 is 1.00 bits per heavy atom. The van der Waals surface area contributed by atoms with Crippen LogP contribution in [0.3, 0.4) is 0 Å². The summed E-state index contributed by atoms with van der Waals surface area (Å²) in [5.41, 5.74) is 1.91. The molecule has 0 aromatic heterocycles. The number of carbonyl (C=O) groups is 1. The third-order valence-electron chi connectivity index (χ3n) is 4.09. The maximum absolute atomic E-state index is 12.6. The van der Waals surface area contributed by atoms with Gasteiger partial charge in [0.1, 0.15) is 5.75 Å². The Morgan fingerprint density at radius 2 is 1.58 bits per heavy atom. The van der Waals surface area contributed by atoms with Crippen LogP contribution < -0.4 is 4.74 Å². The van der Waals surface area contributed by atoms with Gasteiger partial charge < -0.3 is 9.64 Å². The number of rotatable bonds is 7. The van der Waals surface area contributed by atoms with E-state index < -0.39 is 10.0 Å². The fourth-order valence-corrected chi connectivity index (χ4v) is 3.50. The quantitative estimate of drug-likeness (QED) is 0.744. The second kappa shape index (κ2) is 8.33. The normalized spacial score (nSPS) is 11.4. The van der Waals surface area contributed by atoms with Gasteiger partial charge >= 0.3 is 0 Å². The standard InChI is InChI=1S/C19H24N2O4S/c1-15-5-11-18(12-6-15)26(23,24)21(3)14-19(22)20(2)13-16-7-9-17(25-4)10-8-16/h5-12H,13-14H2,1-4H3. The fraction of sp³-hybridized carbons (Fsp3) is 0.316. The van der Waals surface area contributed by atoms with Crippen LogP contribution in [0, 0.1) is 6.92 Å². The molecule has 2 rings (SSSR count). The molecular formula is C19H24N2O4S. The van der Waals surface area contributed by atoms with Crippen molar-refractivity contribution in [3.05, 3.63) is 59.7 Å². The van der Waals surface area contributed by atoms with Crippen LogP contribution in [-0.4, -0.2) is 51.3 Å². The van der Waals surface area contributed by atoms with Crippen molar-refractivity contribution in [2.45, 2.75) is 18.4 Å². The van der Waals surface area contributed by atoms with Crippen molar-refractivity contribution in [2.24, 2.45) is 0 Å². The second-order valence-corrected chi connectivity index (χ2v) is 8.22. The molecule has 0 N–H and O–H groups in total. The lowest BCUT2D eigenvalue weighted by molar-refractivity contribution is -0.130. The molecule has 0 heterocycles. The Labute approximate surface area is 155 Å². The minimum atomic E-state index is -3.70. The van der Waals surface area contributed by atoms with E-state index in [0.717, 1.165) is 21.2 Å². The van der Waals surface area contributed by atoms with Crippen molar-refractivity contribution in [1.29, 1.82) is 0 Å². The van der Waals surface area contributed by atoms with Crippen LogP contribution in [0.1, 0.15) is 11.1 Å². The summed E-state index contributed by atoms with van der Waals surface area (Å²) in [5, 5.41) is 0. The van der Waals surface area contributed by atoms with Gasteiger partial charge in [-0.25, -0.2) is 8.42 Å². The van der Waals surface area contributed by atoms with Gasteiger partial charge in [0.15, 0.2) is 0 Å². The van der Waals surface area contributed by atoms with Gasteiger partial charge in [-0.05, 0) is 36.8 Å². The molecule has 0 spiro atoms. The summed E-state index contributed by atoms with van der Waals surface area (Å²) < 4.78 is 31.3.